The molecule has 1 aromatic carbocycles. The lowest BCUT2D eigenvalue weighted by Crippen LogP contribution is -2.25. The molecule has 0 spiro atoms. The quantitative estimate of drug-likeness (QED) is 0.766. The van der Waals surface area contributed by atoms with E-state index in [0.717, 1.165) is 10.9 Å². The molecular weight excluding hydrogens is 323 g/mol. The van der Waals surface area contributed by atoms with Crippen LogP contribution in [-0.2, 0) is 23.9 Å². The minimum absolute atomic E-state index is 0.0627. The number of benzene rings is 1. The van der Waals surface area contributed by atoms with Gasteiger partial charge in [0.1, 0.15) is 5.82 Å². The Kier molecular flexibility index (Phi) is 4.15. The maximum Gasteiger partial charge on any atom is 0.453 e. The van der Waals surface area contributed by atoms with Gasteiger partial charge in [0.25, 0.3) is 5.82 Å². The second kappa shape index (κ2) is 6.26. The van der Waals surface area contributed by atoms with Crippen LogP contribution in [0.1, 0.15) is 17.2 Å². The highest BCUT2D eigenvalue weighted by atomic mass is 19.4. The Bertz CT molecular complexity index is 875. The van der Waals surface area contributed by atoms with Crippen LogP contribution in [0.25, 0.3) is 10.9 Å². The van der Waals surface area contributed by atoms with Gasteiger partial charge in [0.05, 0.1) is 18.5 Å². The lowest BCUT2D eigenvalue weighted by molar-refractivity contribution is -0.144. The van der Waals surface area contributed by atoms with Gasteiger partial charge in [-0.1, -0.05) is 18.2 Å². The summed E-state index contributed by atoms with van der Waals surface area (Å²) in [5.74, 6) is -1.67. The number of carbonyl (C=O) groups is 1. The van der Waals surface area contributed by atoms with Crippen LogP contribution >= 0.6 is 0 Å². The van der Waals surface area contributed by atoms with Crippen molar-refractivity contribution < 1.29 is 18.0 Å². The van der Waals surface area contributed by atoms with Crippen LogP contribution in [0.2, 0.25) is 0 Å². The summed E-state index contributed by atoms with van der Waals surface area (Å²) in [5.41, 5.74) is 1.53. The zero-order valence-corrected chi connectivity index (χ0v) is 12.3. The molecular formula is C15H12F3N5O. The highest BCUT2D eigenvalue weighted by Gasteiger charge is 2.35. The molecule has 0 saturated carbocycles. The molecule has 2 N–H and O–H groups in total. The Morgan fingerprint density at radius 2 is 2.04 bits per heavy atom. The number of para-hydroxylation sites is 1. The van der Waals surface area contributed by atoms with Crippen LogP contribution < -0.4 is 5.32 Å². The van der Waals surface area contributed by atoms with Gasteiger partial charge in [0, 0.05) is 11.6 Å². The van der Waals surface area contributed by atoms with Gasteiger partial charge in [-0.05, 0) is 17.7 Å². The van der Waals surface area contributed by atoms with Gasteiger partial charge in [-0.2, -0.15) is 13.2 Å². The van der Waals surface area contributed by atoms with Gasteiger partial charge in [0.2, 0.25) is 5.91 Å². The van der Waals surface area contributed by atoms with Gasteiger partial charge >= 0.3 is 6.18 Å². The smallest absolute Gasteiger partial charge is 0.349 e. The van der Waals surface area contributed by atoms with Crippen molar-refractivity contribution in [1.29, 1.82) is 0 Å². The molecule has 3 rings (SSSR count). The Labute approximate surface area is 134 Å². The number of hydrogen-bond donors (Lipinski definition) is 2. The largest absolute Gasteiger partial charge is 0.453 e. The number of halogens is 3. The van der Waals surface area contributed by atoms with Crippen LogP contribution in [0.4, 0.5) is 13.2 Å². The van der Waals surface area contributed by atoms with E-state index < -0.39 is 12.0 Å². The summed E-state index contributed by atoms with van der Waals surface area (Å²) in [6, 6.07) is 9.33. The molecule has 3 aromatic rings. The molecule has 1 amide bonds. The zero-order chi connectivity index (χ0) is 17.2. The van der Waals surface area contributed by atoms with Crippen LogP contribution in [0, 0.1) is 0 Å². The van der Waals surface area contributed by atoms with Gasteiger partial charge in [-0.3, -0.25) is 14.9 Å². The number of aromatic nitrogens is 4. The van der Waals surface area contributed by atoms with Crippen LogP contribution in [0.5, 0.6) is 0 Å². The molecule has 0 radical (unpaired) electrons. The van der Waals surface area contributed by atoms with Crippen molar-refractivity contribution in [3.05, 3.63) is 53.7 Å². The summed E-state index contributed by atoms with van der Waals surface area (Å²) in [4.78, 5) is 19.4. The number of nitrogens with one attached hydrogen (secondary N) is 2. The van der Waals surface area contributed by atoms with Crippen LogP contribution in [-0.4, -0.2) is 26.1 Å². The highest BCUT2D eigenvalue weighted by Crippen LogP contribution is 2.25. The van der Waals surface area contributed by atoms with Crippen molar-refractivity contribution in [3.8, 4) is 0 Å². The molecule has 0 aliphatic carbocycles. The number of alkyl halides is 3. The van der Waals surface area contributed by atoms with Gasteiger partial charge in [0.15, 0.2) is 0 Å². The predicted octanol–water partition coefficient (Wildman–Crippen LogP) is 2.23. The SMILES string of the molecule is O=C(Cc1cnc2ccccc2c1)NCc1nc(C(F)(F)F)n[nH]1. The Hall–Kier alpha value is -2.97. The Morgan fingerprint density at radius 1 is 1.25 bits per heavy atom. The third-order valence-corrected chi connectivity index (χ3v) is 3.25. The van der Waals surface area contributed by atoms with E-state index >= 15 is 0 Å². The number of rotatable bonds is 4. The van der Waals surface area contributed by atoms with E-state index in [0.29, 0.717) is 5.56 Å². The standard InChI is InChI=1S/C15H12F3N5O/c16-15(17,18)14-21-12(22-23-14)8-20-13(24)6-9-5-10-3-1-2-4-11(10)19-7-9/h1-5,7H,6,8H2,(H,20,24)(H,21,22,23). The fourth-order valence-electron chi connectivity index (χ4n) is 2.14. The van der Waals surface area contributed by atoms with Crippen LogP contribution in [0.3, 0.4) is 0 Å². The average molecular weight is 335 g/mol. The van der Waals surface area contributed by atoms with E-state index in [1.54, 1.807) is 6.20 Å². The summed E-state index contributed by atoms with van der Waals surface area (Å²) in [6.07, 6.45) is -2.95. The van der Waals surface area contributed by atoms with E-state index in [1.165, 1.54) is 0 Å². The Morgan fingerprint density at radius 3 is 2.79 bits per heavy atom. The molecule has 2 aromatic heterocycles. The summed E-state index contributed by atoms with van der Waals surface area (Å²) in [5, 5.41) is 8.61. The second-order valence-electron chi connectivity index (χ2n) is 5.09. The summed E-state index contributed by atoms with van der Waals surface area (Å²) in [6.45, 7) is -0.164. The summed E-state index contributed by atoms with van der Waals surface area (Å²) >= 11 is 0. The van der Waals surface area contributed by atoms with Gasteiger partial charge < -0.3 is 5.32 Å². The minimum atomic E-state index is -4.62. The number of aromatic amines is 1. The molecule has 124 valence electrons. The first-order chi connectivity index (χ1) is 11.4. The first-order valence-corrected chi connectivity index (χ1v) is 7.00. The second-order valence-corrected chi connectivity index (χ2v) is 5.09. The van der Waals surface area contributed by atoms with Gasteiger partial charge in [-0.25, -0.2) is 4.98 Å². The maximum atomic E-state index is 12.4. The normalized spacial score (nSPS) is 11.6. The molecule has 24 heavy (non-hydrogen) atoms. The van der Waals surface area contributed by atoms with E-state index in [4.69, 9.17) is 0 Å². The number of amides is 1. The van der Waals surface area contributed by atoms with Crippen molar-refractivity contribution in [1.82, 2.24) is 25.5 Å². The van der Waals surface area contributed by atoms with Crippen molar-refractivity contribution in [2.24, 2.45) is 0 Å². The highest BCUT2D eigenvalue weighted by molar-refractivity contribution is 5.82. The molecule has 0 aliphatic rings. The fourth-order valence-corrected chi connectivity index (χ4v) is 2.14. The monoisotopic (exact) mass is 335 g/mol. The maximum absolute atomic E-state index is 12.4. The number of pyridine rings is 1. The molecule has 0 aliphatic heterocycles. The molecule has 0 fully saturated rings. The first-order valence-electron chi connectivity index (χ1n) is 7.00. The lowest BCUT2D eigenvalue weighted by Gasteiger charge is -2.04. The molecule has 0 saturated heterocycles. The Balaban J connectivity index is 1.59. The summed E-state index contributed by atoms with van der Waals surface area (Å²) < 4.78 is 37.1. The molecule has 2 heterocycles. The van der Waals surface area contributed by atoms with Crippen molar-refractivity contribution in [3.63, 3.8) is 0 Å². The zero-order valence-electron chi connectivity index (χ0n) is 12.3. The predicted molar refractivity (Wildman–Crippen MR) is 78.7 cm³/mol. The third-order valence-electron chi connectivity index (χ3n) is 3.25. The molecule has 6 nitrogen and oxygen atoms in total. The van der Waals surface area contributed by atoms with E-state index in [1.807, 2.05) is 30.3 Å². The number of hydrogen-bond acceptors (Lipinski definition) is 4. The molecule has 0 unspecified atom stereocenters. The third kappa shape index (κ3) is 3.67. The van der Waals surface area contributed by atoms with Crippen molar-refractivity contribution >= 4 is 16.8 Å². The lowest BCUT2D eigenvalue weighted by atomic mass is 10.1. The van der Waals surface area contributed by atoms with Crippen molar-refractivity contribution in [2.75, 3.05) is 0 Å². The topological polar surface area (TPSA) is 83.6 Å². The number of nitrogens with zero attached hydrogens (tertiary/aromatic N) is 3. The fraction of sp³-hybridized carbons (Fsp3) is 0.200. The number of fused-ring (bicyclic) bond motifs is 1. The van der Waals surface area contributed by atoms with Crippen molar-refractivity contribution in [2.45, 2.75) is 19.1 Å². The average Bonchev–Trinajstić information content (AvgIpc) is 3.02. The van der Waals surface area contributed by atoms with E-state index in [-0.39, 0.29) is 24.7 Å². The summed E-state index contributed by atoms with van der Waals surface area (Å²) in [7, 11) is 0. The molecule has 0 atom stereocenters. The van der Waals surface area contributed by atoms with Crippen LogP contribution in [0.15, 0.2) is 36.5 Å². The van der Waals surface area contributed by atoms with Gasteiger partial charge in [-0.15, -0.1) is 5.10 Å². The molecule has 0 bridgehead atoms. The number of H-pyrrole nitrogens is 1. The first kappa shape index (κ1) is 15.9. The minimum Gasteiger partial charge on any atom is -0.349 e. The van der Waals surface area contributed by atoms with E-state index in [2.05, 4.69) is 25.5 Å². The number of carbonyl (C=O) groups excluding carboxylic acids is 1. The molecule has 9 heteroatoms. The van der Waals surface area contributed by atoms with E-state index in [9.17, 15) is 18.0 Å².